The summed E-state index contributed by atoms with van der Waals surface area (Å²) in [5, 5.41) is 31.8. The Morgan fingerprint density at radius 3 is 1.79 bits per heavy atom. The third-order valence-corrected chi connectivity index (χ3v) is 5.28. The number of aromatic nitrogens is 4. The summed E-state index contributed by atoms with van der Waals surface area (Å²) in [7, 11) is 0. The molecule has 2 aliphatic rings. The molecule has 5 heterocycles. The van der Waals surface area contributed by atoms with E-state index < -0.39 is 0 Å². The molecule has 0 atom stereocenters. The molecule has 0 unspecified atom stereocenters. The number of hydrogen-bond donors (Lipinski definition) is 6. The van der Waals surface area contributed by atoms with Crippen molar-refractivity contribution >= 4 is 22.1 Å². The fourth-order valence-corrected chi connectivity index (χ4v) is 3.73. The lowest BCUT2D eigenvalue weighted by molar-refractivity contribution is 0.470. The Balaban J connectivity index is 1.95. The van der Waals surface area contributed by atoms with Crippen LogP contribution in [-0.4, -0.2) is 35.3 Å². The summed E-state index contributed by atoms with van der Waals surface area (Å²) < 4.78 is 0. The molecule has 8 nitrogen and oxygen atoms in total. The van der Waals surface area contributed by atoms with Gasteiger partial charge in [-0.1, -0.05) is 0 Å². The first-order valence-corrected chi connectivity index (χ1v) is 9.06. The molecule has 0 aliphatic carbocycles. The van der Waals surface area contributed by atoms with E-state index in [0.29, 0.717) is 70.5 Å². The number of aryl methyl sites for hydroxylation is 4. The topological polar surface area (TPSA) is 138 Å². The number of fused-ring (bicyclic) bond motifs is 8. The minimum absolute atomic E-state index is 0.00714. The van der Waals surface area contributed by atoms with Gasteiger partial charge in [0.15, 0.2) is 17.2 Å². The SMILES string of the molecule is O=c1c2nc(c(O)c3ccc([nH]3)c(O)c3[nH]c(c(O)c4ccc1[nH]4)CC3)CC2. The lowest BCUT2D eigenvalue weighted by Gasteiger charge is -1.96. The first kappa shape index (κ1) is 16.5. The van der Waals surface area contributed by atoms with E-state index in [4.69, 9.17) is 0 Å². The molecule has 8 heteroatoms. The molecule has 3 aromatic heterocycles. The summed E-state index contributed by atoms with van der Waals surface area (Å²) in [5.41, 5.74) is 3.24. The van der Waals surface area contributed by atoms with Gasteiger partial charge in [-0.2, -0.15) is 0 Å². The van der Waals surface area contributed by atoms with Crippen molar-refractivity contribution in [1.29, 1.82) is 0 Å². The normalized spacial score (nSPS) is 13.7. The Bertz CT molecular complexity index is 1330. The summed E-state index contributed by atoms with van der Waals surface area (Å²) in [6.45, 7) is 0. The van der Waals surface area contributed by atoms with Gasteiger partial charge in [-0.15, -0.1) is 0 Å². The van der Waals surface area contributed by atoms with Gasteiger partial charge in [0.1, 0.15) is 0 Å². The Kier molecular flexibility index (Phi) is 3.48. The molecule has 0 spiro atoms. The molecule has 0 saturated carbocycles. The van der Waals surface area contributed by atoms with Gasteiger partial charge in [0.05, 0.1) is 44.8 Å². The number of H-pyrrole nitrogens is 3. The average Bonchev–Trinajstić information content (AvgIpc) is 3.49. The van der Waals surface area contributed by atoms with Crippen molar-refractivity contribution in [3.63, 3.8) is 0 Å². The highest BCUT2D eigenvalue weighted by Gasteiger charge is 2.17. The van der Waals surface area contributed by atoms with Crippen molar-refractivity contribution in [2.24, 2.45) is 0 Å². The van der Waals surface area contributed by atoms with Gasteiger partial charge in [0.2, 0.25) is 5.43 Å². The number of hydrogen-bond acceptors (Lipinski definition) is 5. The summed E-state index contributed by atoms with van der Waals surface area (Å²) in [5.74, 6) is -0.00616. The summed E-state index contributed by atoms with van der Waals surface area (Å²) in [6, 6.07) is 6.56. The number of rotatable bonds is 0. The van der Waals surface area contributed by atoms with E-state index in [9.17, 15) is 20.1 Å². The van der Waals surface area contributed by atoms with Crippen LogP contribution in [-0.2, 0) is 25.7 Å². The minimum atomic E-state index is -0.260. The molecule has 28 heavy (non-hydrogen) atoms. The quantitative estimate of drug-likeness (QED) is 0.356. The third-order valence-electron chi connectivity index (χ3n) is 5.28. The van der Waals surface area contributed by atoms with Gasteiger partial charge in [-0.25, -0.2) is 4.98 Å². The predicted octanol–water partition coefficient (Wildman–Crippen LogP) is 2.30. The van der Waals surface area contributed by atoms with Gasteiger partial charge in [-0.05, 0) is 49.9 Å². The van der Waals surface area contributed by atoms with Crippen LogP contribution in [0.4, 0.5) is 0 Å². The van der Waals surface area contributed by atoms with E-state index in [1.54, 1.807) is 24.3 Å². The molecule has 0 saturated heterocycles. The minimum Gasteiger partial charge on any atom is -0.504 e. The third kappa shape index (κ3) is 2.45. The van der Waals surface area contributed by atoms with Gasteiger partial charge in [0, 0.05) is 0 Å². The predicted molar refractivity (Wildman–Crippen MR) is 104 cm³/mol. The fraction of sp³-hybridized carbons (Fsp3) is 0.200. The van der Waals surface area contributed by atoms with Crippen LogP contribution >= 0.6 is 0 Å². The second kappa shape index (κ2) is 5.91. The van der Waals surface area contributed by atoms with Crippen LogP contribution < -0.4 is 5.43 Å². The molecular formula is C20H18N4O4. The van der Waals surface area contributed by atoms with E-state index in [1.165, 1.54) is 0 Å². The van der Waals surface area contributed by atoms with Crippen LogP contribution in [0.25, 0.3) is 22.1 Å². The van der Waals surface area contributed by atoms with E-state index >= 15 is 0 Å². The molecule has 6 N–H and O–H groups in total. The van der Waals surface area contributed by atoms with Crippen LogP contribution in [0.2, 0.25) is 0 Å². The smallest absolute Gasteiger partial charge is 0.223 e. The van der Waals surface area contributed by atoms with Crippen molar-refractivity contribution in [1.82, 2.24) is 19.9 Å². The second-order valence-electron chi connectivity index (χ2n) is 7.03. The van der Waals surface area contributed by atoms with E-state index in [1.807, 2.05) is 0 Å². The lowest BCUT2D eigenvalue weighted by Crippen LogP contribution is -2.05. The highest BCUT2D eigenvalue weighted by atomic mass is 16.3. The zero-order valence-electron chi connectivity index (χ0n) is 14.8. The van der Waals surface area contributed by atoms with Crippen molar-refractivity contribution < 1.29 is 15.3 Å². The average molecular weight is 378 g/mol. The Morgan fingerprint density at radius 1 is 0.643 bits per heavy atom. The van der Waals surface area contributed by atoms with Crippen molar-refractivity contribution in [2.75, 3.05) is 0 Å². The van der Waals surface area contributed by atoms with Crippen LogP contribution in [0.15, 0.2) is 29.1 Å². The number of nitrogens with zero attached hydrogens (tertiary/aromatic N) is 1. The molecular weight excluding hydrogens is 360 g/mol. The summed E-state index contributed by atoms with van der Waals surface area (Å²) in [6.07, 6.45) is 1.90. The zero-order chi connectivity index (χ0) is 19.4. The molecule has 5 rings (SSSR count). The zero-order valence-corrected chi connectivity index (χ0v) is 14.8. The maximum atomic E-state index is 12.7. The molecule has 0 amide bonds. The van der Waals surface area contributed by atoms with Crippen LogP contribution in [0.5, 0.6) is 17.2 Å². The highest BCUT2D eigenvalue weighted by molar-refractivity contribution is 5.72. The Labute approximate surface area is 158 Å². The second-order valence-corrected chi connectivity index (χ2v) is 7.03. The fourth-order valence-electron chi connectivity index (χ4n) is 3.73. The maximum absolute atomic E-state index is 12.7. The van der Waals surface area contributed by atoms with Gasteiger partial charge in [-0.3, -0.25) is 4.79 Å². The molecule has 3 aromatic rings. The first-order valence-electron chi connectivity index (χ1n) is 9.06. The van der Waals surface area contributed by atoms with Crippen molar-refractivity contribution in [3.05, 3.63) is 57.3 Å². The lowest BCUT2D eigenvalue weighted by atomic mass is 10.2. The monoisotopic (exact) mass is 378 g/mol. The Morgan fingerprint density at radius 2 is 1.14 bits per heavy atom. The van der Waals surface area contributed by atoms with Crippen LogP contribution in [0, 0.1) is 0 Å². The van der Waals surface area contributed by atoms with Crippen LogP contribution in [0.1, 0.15) is 22.8 Å². The highest BCUT2D eigenvalue weighted by Crippen LogP contribution is 2.30. The van der Waals surface area contributed by atoms with E-state index in [0.717, 1.165) is 0 Å². The van der Waals surface area contributed by atoms with Crippen molar-refractivity contribution in [2.45, 2.75) is 25.7 Å². The van der Waals surface area contributed by atoms with Crippen molar-refractivity contribution in [3.8, 4) is 17.2 Å². The largest absolute Gasteiger partial charge is 0.504 e. The van der Waals surface area contributed by atoms with Crippen LogP contribution in [0.3, 0.4) is 0 Å². The molecule has 0 aromatic carbocycles. The number of nitrogens with one attached hydrogen (secondary N) is 3. The van der Waals surface area contributed by atoms with Gasteiger partial charge >= 0.3 is 0 Å². The molecule has 0 radical (unpaired) electrons. The Hall–Kier alpha value is -3.68. The molecule has 142 valence electrons. The first-order chi connectivity index (χ1) is 13.5. The van der Waals surface area contributed by atoms with Gasteiger partial charge in [0.25, 0.3) is 0 Å². The van der Waals surface area contributed by atoms with Gasteiger partial charge < -0.3 is 30.3 Å². The molecule has 2 aliphatic heterocycles. The number of aromatic amines is 3. The number of aromatic hydroxyl groups is 3. The maximum Gasteiger partial charge on any atom is 0.223 e. The molecule has 0 fully saturated rings. The summed E-state index contributed by atoms with van der Waals surface area (Å²) in [4.78, 5) is 26.0. The standard InChI is InChI=1S/C20H18N4O4/c25-17-9-1-2-10(21-9)18(26)12-5-6-14(23-12)20(28)16-8-7-15(24-16)19(27)13-4-3-11(17)22-13/h1-2,7-8,21-22,24-27H,3-6H2. The molecule has 8 bridgehead atoms. The van der Waals surface area contributed by atoms with E-state index in [2.05, 4.69) is 19.9 Å². The van der Waals surface area contributed by atoms with E-state index in [-0.39, 0.29) is 22.7 Å². The summed E-state index contributed by atoms with van der Waals surface area (Å²) >= 11 is 0.